The van der Waals surface area contributed by atoms with E-state index in [1.165, 1.54) is 6.07 Å². The Hall–Kier alpha value is -1.45. The van der Waals surface area contributed by atoms with Crippen molar-refractivity contribution in [1.29, 1.82) is 0 Å². The molecule has 2 rings (SSSR count). The minimum absolute atomic E-state index is 0.346. The largest absolute Gasteiger partial charge is 0.329 e. The molecule has 0 spiro atoms. The monoisotopic (exact) mass is 212 g/mol. The van der Waals surface area contributed by atoms with Crippen LogP contribution in [-0.2, 0) is 7.05 Å². The van der Waals surface area contributed by atoms with Gasteiger partial charge >= 0.3 is 0 Å². The lowest BCUT2D eigenvalue weighted by atomic mass is 10.3. The van der Waals surface area contributed by atoms with Gasteiger partial charge in [-0.3, -0.25) is 0 Å². The second-order valence-corrected chi connectivity index (χ2v) is 2.97. The number of hydrogen-bond donors (Lipinski definition) is 0. The molecule has 0 aliphatic heterocycles. The summed E-state index contributed by atoms with van der Waals surface area (Å²) in [4.78, 5) is 4.02. The molecule has 0 unspecified atom stereocenters. The highest BCUT2D eigenvalue weighted by molar-refractivity contribution is 5.76. The Morgan fingerprint density at radius 3 is 2.40 bits per heavy atom. The van der Waals surface area contributed by atoms with Crippen LogP contribution in [-0.4, -0.2) is 9.55 Å². The molecule has 0 saturated heterocycles. The van der Waals surface area contributed by atoms with Crippen molar-refractivity contribution < 1.29 is 8.78 Å². The van der Waals surface area contributed by atoms with E-state index in [4.69, 9.17) is 0 Å². The molecule has 0 amide bonds. The van der Waals surface area contributed by atoms with Crippen LogP contribution in [0.5, 0.6) is 0 Å². The highest BCUT2D eigenvalue weighted by Crippen LogP contribution is 2.19. The number of fused-ring (bicyclic) bond motifs is 1. The summed E-state index contributed by atoms with van der Waals surface area (Å²) >= 11 is 0. The number of hydrogen-bond acceptors (Lipinski definition) is 1. The number of aryl methyl sites for hydroxylation is 2. The van der Waals surface area contributed by atoms with Crippen molar-refractivity contribution in [2.45, 2.75) is 20.8 Å². The molecule has 15 heavy (non-hydrogen) atoms. The fraction of sp³-hybridized carbons (Fsp3) is 0.364. The van der Waals surface area contributed by atoms with E-state index in [0.29, 0.717) is 16.9 Å². The van der Waals surface area contributed by atoms with E-state index in [1.807, 2.05) is 13.8 Å². The van der Waals surface area contributed by atoms with Gasteiger partial charge < -0.3 is 4.57 Å². The molecule has 1 aromatic carbocycles. The van der Waals surface area contributed by atoms with Gasteiger partial charge in [-0.2, -0.15) is 0 Å². The molecule has 82 valence electrons. The maximum absolute atomic E-state index is 13.2. The van der Waals surface area contributed by atoms with E-state index in [0.717, 1.165) is 6.07 Å². The van der Waals surface area contributed by atoms with Crippen molar-refractivity contribution in [2.75, 3.05) is 0 Å². The fourth-order valence-electron chi connectivity index (χ4n) is 1.38. The minimum atomic E-state index is -0.594. The van der Waals surface area contributed by atoms with Crippen LogP contribution in [0, 0.1) is 18.6 Å². The fourth-order valence-corrected chi connectivity index (χ4v) is 1.38. The third kappa shape index (κ3) is 1.98. The number of benzene rings is 1. The average molecular weight is 212 g/mol. The van der Waals surface area contributed by atoms with Crippen LogP contribution >= 0.6 is 0 Å². The SMILES string of the molecule is CC.Cc1nc2cc(F)cc(F)c2n1C. The summed E-state index contributed by atoms with van der Waals surface area (Å²) in [5.74, 6) is -0.499. The predicted octanol–water partition coefficient (Wildman–Crippen LogP) is 3.19. The zero-order valence-electron chi connectivity index (χ0n) is 9.31. The van der Waals surface area contributed by atoms with Crippen LogP contribution in [0.3, 0.4) is 0 Å². The van der Waals surface area contributed by atoms with Gasteiger partial charge in [0, 0.05) is 19.2 Å². The van der Waals surface area contributed by atoms with Crippen molar-refractivity contribution in [3.05, 3.63) is 29.6 Å². The van der Waals surface area contributed by atoms with Crippen molar-refractivity contribution >= 4 is 11.0 Å². The number of imidazole rings is 1. The summed E-state index contributed by atoms with van der Waals surface area (Å²) in [7, 11) is 1.70. The number of aromatic nitrogens is 2. The quantitative estimate of drug-likeness (QED) is 0.655. The van der Waals surface area contributed by atoms with Crippen molar-refractivity contribution in [2.24, 2.45) is 7.05 Å². The first-order valence-corrected chi connectivity index (χ1v) is 4.87. The molecule has 0 radical (unpaired) electrons. The number of rotatable bonds is 0. The Kier molecular flexibility index (Phi) is 3.39. The average Bonchev–Trinajstić information content (AvgIpc) is 2.45. The van der Waals surface area contributed by atoms with Gasteiger partial charge in [-0.05, 0) is 6.92 Å². The highest BCUT2D eigenvalue weighted by Gasteiger charge is 2.10. The molecule has 0 aliphatic rings. The van der Waals surface area contributed by atoms with E-state index in [-0.39, 0.29) is 0 Å². The second-order valence-electron chi connectivity index (χ2n) is 2.97. The zero-order valence-corrected chi connectivity index (χ0v) is 9.31. The Bertz CT molecular complexity index is 475. The molecule has 0 bridgehead atoms. The summed E-state index contributed by atoms with van der Waals surface area (Å²) in [6, 6.07) is 2.09. The molecule has 2 aromatic rings. The van der Waals surface area contributed by atoms with E-state index in [2.05, 4.69) is 4.98 Å². The van der Waals surface area contributed by atoms with E-state index in [9.17, 15) is 8.78 Å². The molecule has 0 fully saturated rings. The first kappa shape index (κ1) is 11.6. The maximum atomic E-state index is 13.2. The van der Waals surface area contributed by atoms with Crippen LogP contribution < -0.4 is 0 Å². The molecule has 0 aliphatic carbocycles. The second kappa shape index (κ2) is 4.38. The number of halogens is 2. The Balaban J connectivity index is 0.000000531. The lowest BCUT2D eigenvalue weighted by Gasteiger charge is -1.97. The van der Waals surface area contributed by atoms with Crippen LogP contribution in [0.2, 0.25) is 0 Å². The molecule has 2 nitrogen and oxygen atoms in total. The molecule has 0 N–H and O–H groups in total. The predicted molar refractivity (Wildman–Crippen MR) is 56.7 cm³/mol. The van der Waals surface area contributed by atoms with Crippen molar-refractivity contribution in [3.8, 4) is 0 Å². The van der Waals surface area contributed by atoms with Gasteiger partial charge in [0.2, 0.25) is 0 Å². The Morgan fingerprint density at radius 1 is 1.20 bits per heavy atom. The summed E-state index contributed by atoms with van der Waals surface area (Å²) in [5, 5.41) is 0. The molecule has 0 saturated carbocycles. The third-order valence-electron chi connectivity index (χ3n) is 2.11. The van der Waals surface area contributed by atoms with Gasteiger partial charge in [0.1, 0.15) is 17.2 Å². The Morgan fingerprint density at radius 2 is 1.80 bits per heavy atom. The van der Waals surface area contributed by atoms with E-state index in [1.54, 1.807) is 18.5 Å². The highest BCUT2D eigenvalue weighted by atomic mass is 19.1. The van der Waals surface area contributed by atoms with Gasteiger partial charge in [0.15, 0.2) is 5.82 Å². The van der Waals surface area contributed by atoms with E-state index >= 15 is 0 Å². The third-order valence-corrected chi connectivity index (χ3v) is 2.11. The Labute approximate surface area is 87.5 Å². The normalized spacial score (nSPS) is 10.0. The van der Waals surface area contributed by atoms with Gasteiger partial charge in [-0.1, -0.05) is 13.8 Å². The summed E-state index contributed by atoms with van der Waals surface area (Å²) in [6.07, 6.45) is 0. The maximum Gasteiger partial charge on any atom is 0.152 e. The van der Waals surface area contributed by atoms with Crippen molar-refractivity contribution in [1.82, 2.24) is 9.55 Å². The van der Waals surface area contributed by atoms with Crippen LogP contribution in [0.1, 0.15) is 19.7 Å². The molecular weight excluding hydrogens is 198 g/mol. The molecule has 4 heteroatoms. The van der Waals surface area contributed by atoms with Gasteiger partial charge in [0.05, 0.1) is 5.52 Å². The first-order valence-electron chi connectivity index (χ1n) is 4.87. The van der Waals surface area contributed by atoms with Crippen LogP contribution in [0.25, 0.3) is 11.0 Å². The molecular formula is C11H14F2N2. The van der Waals surface area contributed by atoms with E-state index < -0.39 is 11.6 Å². The first-order chi connectivity index (χ1) is 7.09. The summed E-state index contributed by atoms with van der Waals surface area (Å²) in [6.45, 7) is 5.75. The molecule has 0 atom stereocenters. The topological polar surface area (TPSA) is 17.8 Å². The summed E-state index contributed by atoms with van der Waals surface area (Å²) in [5.41, 5.74) is 0.705. The standard InChI is InChI=1S/C9H8F2N2.C2H6/c1-5-12-8-4-6(10)3-7(11)9(8)13(5)2;1-2/h3-4H,1-2H3;1-2H3. The molecule has 1 heterocycles. The van der Waals surface area contributed by atoms with Crippen LogP contribution in [0.15, 0.2) is 12.1 Å². The zero-order chi connectivity index (χ0) is 11.6. The van der Waals surface area contributed by atoms with Gasteiger partial charge in [-0.15, -0.1) is 0 Å². The lowest BCUT2D eigenvalue weighted by molar-refractivity contribution is 0.588. The van der Waals surface area contributed by atoms with Gasteiger partial charge in [0.25, 0.3) is 0 Å². The van der Waals surface area contributed by atoms with Crippen molar-refractivity contribution in [3.63, 3.8) is 0 Å². The minimum Gasteiger partial charge on any atom is -0.329 e. The van der Waals surface area contributed by atoms with Gasteiger partial charge in [-0.25, -0.2) is 13.8 Å². The van der Waals surface area contributed by atoms with Crippen LogP contribution in [0.4, 0.5) is 8.78 Å². The molecule has 1 aromatic heterocycles. The lowest BCUT2D eigenvalue weighted by Crippen LogP contribution is -1.92. The number of nitrogens with zero attached hydrogens (tertiary/aromatic N) is 2. The smallest absolute Gasteiger partial charge is 0.152 e. The summed E-state index contributed by atoms with van der Waals surface area (Å²) < 4.78 is 27.6.